The van der Waals surface area contributed by atoms with E-state index in [4.69, 9.17) is 0 Å². The third kappa shape index (κ3) is 3.10. The Bertz CT molecular complexity index is 507. The maximum atomic E-state index is 11.8. The van der Waals surface area contributed by atoms with E-state index in [1.807, 2.05) is 13.8 Å². The highest BCUT2D eigenvalue weighted by molar-refractivity contribution is 5.97. The van der Waals surface area contributed by atoms with Crippen molar-refractivity contribution in [3.8, 4) is 0 Å². The van der Waals surface area contributed by atoms with Crippen molar-refractivity contribution in [2.75, 3.05) is 12.4 Å². The predicted octanol–water partition coefficient (Wildman–Crippen LogP) is 1.91. The number of nitrogens with one attached hydrogen (secondary N) is 2. The van der Waals surface area contributed by atoms with Gasteiger partial charge in [0, 0.05) is 19.2 Å². The molecule has 1 saturated carbocycles. The second-order valence-electron chi connectivity index (χ2n) is 5.15. The Balaban J connectivity index is 2.24. The van der Waals surface area contributed by atoms with Crippen LogP contribution in [-0.2, 0) is 4.79 Å². The van der Waals surface area contributed by atoms with Gasteiger partial charge in [-0.25, -0.2) is 4.98 Å². The molecule has 2 N–H and O–H groups in total. The number of amides is 2. The molecule has 2 rings (SSSR count). The molecule has 0 saturated heterocycles. The molecule has 102 valence electrons. The molecule has 1 aliphatic carbocycles. The van der Waals surface area contributed by atoms with E-state index in [1.54, 1.807) is 13.1 Å². The van der Waals surface area contributed by atoms with E-state index in [2.05, 4.69) is 15.6 Å². The van der Waals surface area contributed by atoms with Gasteiger partial charge in [0.15, 0.2) is 0 Å². The zero-order valence-electron chi connectivity index (χ0n) is 11.5. The van der Waals surface area contributed by atoms with Crippen LogP contribution in [0.2, 0.25) is 0 Å². The molecule has 0 bridgehead atoms. The molecule has 1 aliphatic rings. The molecule has 0 unspecified atom stereocenters. The summed E-state index contributed by atoms with van der Waals surface area (Å²) < 4.78 is 0. The summed E-state index contributed by atoms with van der Waals surface area (Å²) in [6, 6.07) is 1.79. The van der Waals surface area contributed by atoms with Crippen LogP contribution in [0.5, 0.6) is 0 Å². The molecule has 0 radical (unpaired) electrons. The van der Waals surface area contributed by atoms with Gasteiger partial charge in [0.2, 0.25) is 5.91 Å². The van der Waals surface area contributed by atoms with Crippen LogP contribution in [0.4, 0.5) is 5.82 Å². The number of nitrogens with zero attached hydrogens (tertiary/aromatic N) is 1. The first-order chi connectivity index (χ1) is 9.02. The van der Waals surface area contributed by atoms with Crippen LogP contribution in [0.3, 0.4) is 0 Å². The minimum absolute atomic E-state index is 0.0231. The van der Waals surface area contributed by atoms with Crippen molar-refractivity contribution >= 4 is 17.6 Å². The summed E-state index contributed by atoms with van der Waals surface area (Å²) in [7, 11) is 1.59. The first-order valence-electron chi connectivity index (χ1n) is 6.55. The lowest BCUT2D eigenvalue weighted by atomic mass is 9.98. The van der Waals surface area contributed by atoms with Crippen LogP contribution in [0.1, 0.15) is 48.5 Å². The van der Waals surface area contributed by atoms with Crippen molar-refractivity contribution in [1.29, 1.82) is 0 Å². The highest BCUT2D eigenvalue weighted by Crippen LogP contribution is 2.30. The second-order valence-corrected chi connectivity index (χ2v) is 5.15. The number of hydrogen-bond donors (Lipinski definition) is 2. The summed E-state index contributed by atoms with van der Waals surface area (Å²) in [4.78, 5) is 27.6. The van der Waals surface area contributed by atoms with Gasteiger partial charge in [-0.2, -0.15) is 0 Å². The van der Waals surface area contributed by atoms with Crippen LogP contribution in [0.25, 0.3) is 0 Å². The van der Waals surface area contributed by atoms with E-state index < -0.39 is 0 Å². The SMILES string of the molecule is CNC(=O)c1cnc(NC(=O)C2CC2)cc1C(C)C. The topological polar surface area (TPSA) is 71.1 Å². The van der Waals surface area contributed by atoms with Crippen LogP contribution >= 0.6 is 0 Å². The van der Waals surface area contributed by atoms with Gasteiger partial charge < -0.3 is 10.6 Å². The maximum absolute atomic E-state index is 11.8. The van der Waals surface area contributed by atoms with E-state index in [9.17, 15) is 9.59 Å². The van der Waals surface area contributed by atoms with Crippen molar-refractivity contribution in [3.05, 3.63) is 23.4 Å². The Morgan fingerprint density at radius 2 is 2.05 bits per heavy atom. The number of anilines is 1. The molecule has 0 spiro atoms. The molecular weight excluding hydrogens is 242 g/mol. The first kappa shape index (κ1) is 13.5. The number of aromatic nitrogens is 1. The van der Waals surface area contributed by atoms with E-state index >= 15 is 0 Å². The highest BCUT2D eigenvalue weighted by Gasteiger charge is 2.30. The van der Waals surface area contributed by atoms with Crippen molar-refractivity contribution in [1.82, 2.24) is 10.3 Å². The van der Waals surface area contributed by atoms with Crippen LogP contribution in [0, 0.1) is 5.92 Å². The Kier molecular flexibility index (Phi) is 3.83. The highest BCUT2D eigenvalue weighted by atomic mass is 16.2. The summed E-state index contributed by atoms with van der Waals surface area (Å²) in [5.74, 6) is 0.717. The summed E-state index contributed by atoms with van der Waals surface area (Å²) in [5, 5.41) is 5.40. The van der Waals surface area contributed by atoms with E-state index in [-0.39, 0.29) is 23.7 Å². The number of pyridine rings is 1. The summed E-state index contributed by atoms with van der Waals surface area (Å²) in [5.41, 5.74) is 1.45. The van der Waals surface area contributed by atoms with E-state index in [1.165, 1.54) is 6.20 Å². The van der Waals surface area contributed by atoms with Gasteiger partial charge in [-0.1, -0.05) is 13.8 Å². The summed E-state index contributed by atoms with van der Waals surface area (Å²) >= 11 is 0. The number of hydrogen-bond acceptors (Lipinski definition) is 3. The molecule has 19 heavy (non-hydrogen) atoms. The average molecular weight is 261 g/mol. The van der Waals surface area contributed by atoms with Gasteiger partial charge in [-0.05, 0) is 30.4 Å². The van der Waals surface area contributed by atoms with Crippen LogP contribution in [-0.4, -0.2) is 23.8 Å². The predicted molar refractivity (Wildman–Crippen MR) is 73.1 cm³/mol. The van der Waals surface area contributed by atoms with Gasteiger partial charge in [-0.15, -0.1) is 0 Å². The first-order valence-corrected chi connectivity index (χ1v) is 6.55. The van der Waals surface area contributed by atoms with Crippen LogP contribution in [0.15, 0.2) is 12.3 Å². The lowest BCUT2D eigenvalue weighted by Crippen LogP contribution is -2.21. The number of carbonyl (C=O) groups is 2. The third-order valence-corrected chi connectivity index (χ3v) is 3.23. The maximum Gasteiger partial charge on any atom is 0.252 e. The van der Waals surface area contributed by atoms with Gasteiger partial charge in [0.1, 0.15) is 5.82 Å². The molecule has 0 atom stereocenters. The largest absolute Gasteiger partial charge is 0.355 e. The van der Waals surface area contributed by atoms with Gasteiger partial charge >= 0.3 is 0 Å². The molecule has 0 aromatic carbocycles. The average Bonchev–Trinajstić information content (AvgIpc) is 3.22. The Labute approximate surface area is 112 Å². The Hall–Kier alpha value is -1.91. The fourth-order valence-corrected chi connectivity index (χ4v) is 1.92. The molecule has 1 aromatic heterocycles. The molecule has 5 nitrogen and oxygen atoms in total. The van der Waals surface area contributed by atoms with Crippen LogP contribution < -0.4 is 10.6 Å². The van der Waals surface area contributed by atoms with Crippen molar-refractivity contribution in [2.24, 2.45) is 5.92 Å². The molecular formula is C14H19N3O2. The normalized spacial score (nSPS) is 14.3. The summed E-state index contributed by atoms with van der Waals surface area (Å²) in [6.45, 7) is 4.02. The minimum atomic E-state index is -0.156. The van der Waals surface area contributed by atoms with Gasteiger partial charge in [-0.3, -0.25) is 9.59 Å². The number of rotatable bonds is 4. The molecule has 0 aliphatic heterocycles. The molecule has 1 fully saturated rings. The fraction of sp³-hybridized carbons (Fsp3) is 0.500. The van der Waals surface area contributed by atoms with Gasteiger partial charge in [0.25, 0.3) is 5.91 Å². The zero-order chi connectivity index (χ0) is 14.0. The Morgan fingerprint density at radius 3 is 2.58 bits per heavy atom. The van der Waals surface area contributed by atoms with Crippen molar-refractivity contribution in [3.63, 3.8) is 0 Å². The quantitative estimate of drug-likeness (QED) is 0.869. The Morgan fingerprint density at radius 1 is 1.37 bits per heavy atom. The molecule has 5 heteroatoms. The standard InChI is InChI=1S/C14H19N3O2/c1-8(2)10-6-12(17-13(18)9-4-5-9)16-7-11(10)14(19)15-3/h6-9H,4-5H2,1-3H3,(H,15,19)(H,16,17,18). The molecule has 1 aromatic rings. The second kappa shape index (κ2) is 5.38. The van der Waals surface area contributed by atoms with Crippen molar-refractivity contribution < 1.29 is 9.59 Å². The third-order valence-electron chi connectivity index (χ3n) is 3.23. The van der Waals surface area contributed by atoms with Gasteiger partial charge in [0.05, 0.1) is 5.56 Å². The van der Waals surface area contributed by atoms with Crippen molar-refractivity contribution in [2.45, 2.75) is 32.6 Å². The minimum Gasteiger partial charge on any atom is -0.355 e. The number of carbonyl (C=O) groups excluding carboxylic acids is 2. The monoisotopic (exact) mass is 261 g/mol. The zero-order valence-corrected chi connectivity index (χ0v) is 11.5. The van der Waals surface area contributed by atoms with E-state index in [0.717, 1.165) is 18.4 Å². The lowest BCUT2D eigenvalue weighted by Gasteiger charge is -2.13. The molecule has 2 amide bonds. The lowest BCUT2D eigenvalue weighted by molar-refractivity contribution is -0.117. The molecule has 1 heterocycles. The van der Waals surface area contributed by atoms with E-state index in [0.29, 0.717) is 11.4 Å². The summed E-state index contributed by atoms with van der Waals surface area (Å²) in [6.07, 6.45) is 3.44. The fourth-order valence-electron chi connectivity index (χ4n) is 1.92. The smallest absolute Gasteiger partial charge is 0.252 e.